The SMILES string of the molecule is Brc1ccc(Br)c(C(Br)c2ccco2)c1. The molecule has 0 saturated heterocycles. The van der Waals surface area contributed by atoms with Gasteiger partial charge in [-0.1, -0.05) is 47.8 Å². The molecule has 4 heteroatoms. The van der Waals surface area contributed by atoms with Gasteiger partial charge in [0.1, 0.15) is 5.76 Å². The maximum Gasteiger partial charge on any atom is 0.121 e. The zero-order chi connectivity index (χ0) is 10.8. The molecule has 0 aliphatic carbocycles. The summed E-state index contributed by atoms with van der Waals surface area (Å²) in [6.07, 6.45) is 1.68. The number of furan rings is 1. The average Bonchev–Trinajstić information content (AvgIpc) is 2.74. The van der Waals surface area contributed by atoms with Crippen LogP contribution in [0.25, 0.3) is 0 Å². The smallest absolute Gasteiger partial charge is 0.121 e. The maximum atomic E-state index is 5.36. The third-order valence-corrected chi connectivity index (χ3v) is 4.18. The minimum Gasteiger partial charge on any atom is -0.468 e. The second-order valence-corrected chi connectivity index (χ2v) is 5.73. The molecule has 0 fully saturated rings. The van der Waals surface area contributed by atoms with E-state index >= 15 is 0 Å². The Morgan fingerprint density at radius 3 is 2.60 bits per heavy atom. The molecule has 0 N–H and O–H groups in total. The first-order chi connectivity index (χ1) is 7.18. The Kier molecular flexibility index (Phi) is 3.69. The normalized spacial score (nSPS) is 12.7. The van der Waals surface area contributed by atoms with Crippen LogP contribution in [0.2, 0.25) is 0 Å². The van der Waals surface area contributed by atoms with E-state index in [1.165, 1.54) is 0 Å². The number of hydrogen-bond donors (Lipinski definition) is 0. The van der Waals surface area contributed by atoms with Crippen molar-refractivity contribution in [3.63, 3.8) is 0 Å². The fraction of sp³-hybridized carbons (Fsp3) is 0.0909. The molecule has 1 unspecified atom stereocenters. The van der Waals surface area contributed by atoms with Crippen LogP contribution in [-0.4, -0.2) is 0 Å². The summed E-state index contributed by atoms with van der Waals surface area (Å²) in [5.41, 5.74) is 1.14. The van der Waals surface area contributed by atoms with Crippen LogP contribution < -0.4 is 0 Å². The van der Waals surface area contributed by atoms with Crippen molar-refractivity contribution >= 4 is 47.8 Å². The van der Waals surface area contributed by atoms with Crippen molar-refractivity contribution in [1.29, 1.82) is 0 Å². The van der Waals surface area contributed by atoms with Gasteiger partial charge in [-0.05, 0) is 35.9 Å². The summed E-state index contributed by atoms with van der Waals surface area (Å²) in [6, 6.07) is 9.90. The molecule has 2 rings (SSSR count). The fourth-order valence-electron chi connectivity index (χ4n) is 1.30. The Balaban J connectivity index is 2.41. The highest BCUT2D eigenvalue weighted by atomic mass is 79.9. The molecule has 1 aromatic heterocycles. The van der Waals surface area contributed by atoms with Gasteiger partial charge in [-0.3, -0.25) is 0 Å². The van der Waals surface area contributed by atoms with E-state index in [2.05, 4.69) is 53.9 Å². The summed E-state index contributed by atoms with van der Waals surface area (Å²) < 4.78 is 7.47. The molecule has 0 aliphatic heterocycles. The predicted octanol–water partition coefficient (Wildman–Crippen LogP) is 5.29. The molecular formula is C11H7Br3O. The van der Waals surface area contributed by atoms with Crippen LogP contribution in [0.4, 0.5) is 0 Å². The average molecular weight is 395 g/mol. The molecule has 0 spiro atoms. The molecule has 0 bridgehead atoms. The molecular weight excluding hydrogens is 388 g/mol. The van der Waals surface area contributed by atoms with E-state index in [9.17, 15) is 0 Å². The molecule has 0 saturated carbocycles. The third-order valence-electron chi connectivity index (χ3n) is 2.02. The van der Waals surface area contributed by atoms with Gasteiger partial charge in [-0.25, -0.2) is 0 Å². The van der Waals surface area contributed by atoms with Crippen molar-refractivity contribution in [1.82, 2.24) is 0 Å². The maximum absolute atomic E-state index is 5.36. The first-order valence-corrected chi connectivity index (χ1v) is 6.81. The Hall–Kier alpha value is -0.0600. The van der Waals surface area contributed by atoms with Gasteiger partial charge in [0.25, 0.3) is 0 Å². The van der Waals surface area contributed by atoms with Crippen LogP contribution in [0.3, 0.4) is 0 Å². The highest BCUT2D eigenvalue weighted by molar-refractivity contribution is 9.11. The van der Waals surface area contributed by atoms with Crippen LogP contribution in [0.1, 0.15) is 16.2 Å². The predicted molar refractivity (Wildman–Crippen MR) is 71.3 cm³/mol. The van der Waals surface area contributed by atoms with Gasteiger partial charge in [0.2, 0.25) is 0 Å². The Morgan fingerprint density at radius 2 is 1.93 bits per heavy atom. The van der Waals surface area contributed by atoms with Gasteiger partial charge in [0.05, 0.1) is 11.1 Å². The van der Waals surface area contributed by atoms with Crippen molar-refractivity contribution in [2.75, 3.05) is 0 Å². The highest BCUT2D eigenvalue weighted by Gasteiger charge is 2.16. The van der Waals surface area contributed by atoms with E-state index < -0.39 is 0 Å². The first-order valence-electron chi connectivity index (χ1n) is 4.31. The summed E-state index contributed by atoms with van der Waals surface area (Å²) in [4.78, 5) is 0.0689. The van der Waals surface area contributed by atoms with Crippen molar-refractivity contribution < 1.29 is 4.42 Å². The summed E-state index contributed by atoms with van der Waals surface area (Å²) in [7, 11) is 0. The van der Waals surface area contributed by atoms with E-state index in [1.54, 1.807) is 6.26 Å². The van der Waals surface area contributed by atoms with Gasteiger partial charge in [0, 0.05) is 8.95 Å². The van der Waals surface area contributed by atoms with Crippen LogP contribution >= 0.6 is 47.8 Å². The second kappa shape index (κ2) is 4.85. The fourth-order valence-corrected chi connectivity index (χ4v) is 3.10. The van der Waals surface area contributed by atoms with E-state index in [4.69, 9.17) is 4.42 Å². The number of rotatable bonds is 2. The topological polar surface area (TPSA) is 13.1 Å². The van der Waals surface area contributed by atoms with Gasteiger partial charge in [0.15, 0.2) is 0 Å². The van der Waals surface area contributed by atoms with Crippen molar-refractivity contribution in [3.8, 4) is 0 Å². The van der Waals surface area contributed by atoms with Gasteiger partial charge in [-0.2, -0.15) is 0 Å². The van der Waals surface area contributed by atoms with E-state index in [-0.39, 0.29) is 4.83 Å². The van der Waals surface area contributed by atoms with Gasteiger partial charge < -0.3 is 4.42 Å². The van der Waals surface area contributed by atoms with Gasteiger partial charge in [-0.15, -0.1) is 0 Å². The van der Waals surface area contributed by atoms with E-state index in [0.717, 1.165) is 20.3 Å². The molecule has 1 heterocycles. The molecule has 0 aliphatic rings. The summed E-state index contributed by atoms with van der Waals surface area (Å²) in [6.45, 7) is 0. The van der Waals surface area contributed by atoms with Crippen molar-refractivity contribution in [3.05, 3.63) is 56.9 Å². The Morgan fingerprint density at radius 1 is 1.13 bits per heavy atom. The van der Waals surface area contributed by atoms with Gasteiger partial charge >= 0.3 is 0 Å². The lowest BCUT2D eigenvalue weighted by Gasteiger charge is -2.10. The van der Waals surface area contributed by atoms with Crippen LogP contribution in [0.5, 0.6) is 0 Å². The lowest BCUT2D eigenvalue weighted by atomic mass is 10.1. The summed E-state index contributed by atoms with van der Waals surface area (Å²) in [5, 5.41) is 0. The second-order valence-electron chi connectivity index (χ2n) is 3.04. The first kappa shape index (κ1) is 11.4. The molecule has 15 heavy (non-hydrogen) atoms. The molecule has 1 aromatic carbocycles. The zero-order valence-corrected chi connectivity index (χ0v) is 12.3. The number of hydrogen-bond acceptors (Lipinski definition) is 1. The van der Waals surface area contributed by atoms with Crippen molar-refractivity contribution in [2.24, 2.45) is 0 Å². The number of halogens is 3. The molecule has 78 valence electrons. The van der Waals surface area contributed by atoms with E-state index in [1.807, 2.05) is 24.3 Å². The lowest BCUT2D eigenvalue weighted by molar-refractivity contribution is 0.519. The minimum absolute atomic E-state index is 0.0689. The van der Waals surface area contributed by atoms with Crippen LogP contribution in [-0.2, 0) is 0 Å². The molecule has 0 radical (unpaired) electrons. The molecule has 0 amide bonds. The Bertz CT molecular complexity index is 451. The summed E-state index contributed by atoms with van der Waals surface area (Å²) in [5.74, 6) is 0.897. The van der Waals surface area contributed by atoms with Crippen LogP contribution in [0.15, 0.2) is 50.0 Å². The molecule has 1 atom stereocenters. The van der Waals surface area contributed by atoms with Crippen LogP contribution in [0, 0.1) is 0 Å². The quantitative estimate of drug-likeness (QED) is 0.631. The van der Waals surface area contributed by atoms with Crippen molar-refractivity contribution in [2.45, 2.75) is 4.83 Å². The number of alkyl halides is 1. The standard InChI is InChI=1S/C11H7Br3O/c12-7-3-4-9(13)8(6-7)11(14)10-2-1-5-15-10/h1-6,11H. The third kappa shape index (κ3) is 2.55. The molecule has 2 aromatic rings. The number of benzene rings is 1. The lowest BCUT2D eigenvalue weighted by Crippen LogP contribution is -1.92. The minimum atomic E-state index is 0.0689. The molecule has 1 nitrogen and oxygen atoms in total. The Labute approximate surface area is 113 Å². The zero-order valence-electron chi connectivity index (χ0n) is 7.58. The highest BCUT2D eigenvalue weighted by Crippen LogP contribution is 2.36. The van der Waals surface area contributed by atoms with E-state index in [0.29, 0.717) is 0 Å². The monoisotopic (exact) mass is 392 g/mol. The largest absolute Gasteiger partial charge is 0.468 e. The summed E-state index contributed by atoms with van der Waals surface area (Å²) >= 11 is 10.6.